The van der Waals surface area contributed by atoms with E-state index in [-0.39, 0.29) is 17.3 Å². The second-order valence-corrected chi connectivity index (χ2v) is 3.93. The molecular formula is C8H13NO2S. The molecule has 0 fully saturated rings. The number of carbonyl (C=O) groups excluding carboxylic acids is 1. The molecule has 0 spiro atoms. The highest BCUT2D eigenvalue weighted by Crippen LogP contribution is 2.11. The molecule has 0 heterocycles. The number of hydrogen-bond donors (Lipinski definition) is 0. The van der Waals surface area contributed by atoms with Crippen LogP contribution < -0.4 is 0 Å². The summed E-state index contributed by atoms with van der Waals surface area (Å²) in [6.07, 6.45) is -0.0809. The number of hydrogen-bond acceptors (Lipinski definition) is 4. The molecule has 0 bridgehead atoms. The van der Waals surface area contributed by atoms with Gasteiger partial charge in [-0.2, -0.15) is 5.26 Å². The number of ether oxygens (including phenoxy) is 1. The first-order valence-corrected chi connectivity index (χ1v) is 4.81. The third-order valence-electron chi connectivity index (χ3n) is 1.08. The lowest BCUT2D eigenvalue weighted by atomic mass is 10.4. The highest BCUT2D eigenvalue weighted by atomic mass is 32.2. The summed E-state index contributed by atoms with van der Waals surface area (Å²) in [5.74, 6) is 0.0826. The molecule has 0 N–H and O–H groups in total. The van der Waals surface area contributed by atoms with Crippen LogP contribution in [0.15, 0.2) is 0 Å². The molecule has 68 valence electrons. The lowest BCUT2D eigenvalue weighted by Crippen LogP contribution is -2.20. The molecule has 0 aromatic rings. The second kappa shape index (κ2) is 5.90. The molecule has 0 aromatic carbocycles. The van der Waals surface area contributed by atoms with Crippen molar-refractivity contribution in [3.8, 4) is 6.07 Å². The van der Waals surface area contributed by atoms with Gasteiger partial charge in [-0.15, -0.1) is 11.8 Å². The maximum Gasteiger partial charge on any atom is 0.319 e. The van der Waals surface area contributed by atoms with Crippen LogP contribution in [-0.4, -0.2) is 23.1 Å². The summed E-state index contributed by atoms with van der Waals surface area (Å²) in [5.41, 5.74) is 0. The van der Waals surface area contributed by atoms with Crippen LogP contribution in [0.2, 0.25) is 0 Å². The van der Waals surface area contributed by atoms with E-state index in [1.807, 2.05) is 6.07 Å². The third-order valence-corrected chi connectivity index (χ3v) is 2.07. The van der Waals surface area contributed by atoms with Gasteiger partial charge < -0.3 is 4.74 Å². The van der Waals surface area contributed by atoms with Crippen molar-refractivity contribution in [1.82, 2.24) is 0 Å². The second-order valence-electron chi connectivity index (χ2n) is 2.60. The molecule has 0 aliphatic rings. The zero-order chi connectivity index (χ0) is 9.56. The van der Waals surface area contributed by atoms with Crippen LogP contribution >= 0.6 is 11.8 Å². The predicted octanol–water partition coefficient (Wildman–Crippen LogP) is 1.58. The zero-order valence-electron chi connectivity index (χ0n) is 7.53. The number of nitrogens with zero attached hydrogens (tertiary/aromatic N) is 1. The highest BCUT2D eigenvalue weighted by Gasteiger charge is 2.15. The van der Waals surface area contributed by atoms with Crippen LogP contribution in [0.5, 0.6) is 0 Å². The van der Waals surface area contributed by atoms with E-state index < -0.39 is 0 Å². The summed E-state index contributed by atoms with van der Waals surface area (Å²) in [6, 6.07) is 1.96. The standard InChI is InChI=1S/C8H13NO2S/c1-6(2)11-8(10)7(3)12-5-4-9/h6-7H,5H2,1-3H3. The molecule has 0 aromatic heterocycles. The third kappa shape index (κ3) is 5.03. The molecule has 4 heteroatoms. The smallest absolute Gasteiger partial charge is 0.319 e. The van der Waals surface area contributed by atoms with Crippen molar-refractivity contribution in [2.75, 3.05) is 5.75 Å². The van der Waals surface area contributed by atoms with Crippen molar-refractivity contribution in [2.24, 2.45) is 0 Å². The average molecular weight is 187 g/mol. The summed E-state index contributed by atoms with van der Waals surface area (Å²) in [7, 11) is 0. The lowest BCUT2D eigenvalue weighted by molar-refractivity contribution is -0.146. The minimum atomic E-state index is -0.245. The van der Waals surface area contributed by atoms with Crippen molar-refractivity contribution in [3.63, 3.8) is 0 Å². The fourth-order valence-corrected chi connectivity index (χ4v) is 1.07. The zero-order valence-corrected chi connectivity index (χ0v) is 8.35. The first-order chi connectivity index (χ1) is 5.57. The molecule has 0 saturated carbocycles. The Labute approximate surface area is 77.1 Å². The van der Waals surface area contributed by atoms with Crippen LogP contribution in [0.1, 0.15) is 20.8 Å². The molecular weight excluding hydrogens is 174 g/mol. The molecule has 0 rings (SSSR count). The summed E-state index contributed by atoms with van der Waals surface area (Å²) in [4.78, 5) is 11.1. The van der Waals surface area contributed by atoms with E-state index in [4.69, 9.17) is 10.00 Å². The highest BCUT2D eigenvalue weighted by molar-refractivity contribution is 8.00. The Morgan fingerprint density at radius 1 is 1.58 bits per heavy atom. The fraction of sp³-hybridized carbons (Fsp3) is 0.750. The minimum Gasteiger partial charge on any atom is -0.462 e. The van der Waals surface area contributed by atoms with Crippen LogP contribution in [0.25, 0.3) is 0 Å². The number of thioether (sulfide) groups is 1. The van der Waals surface area contributed by atoms with Crippen LogP contribution in [0.3, 0.4) is 0 Å². The normalized spacial score (nSPS) is 12.2. The van der Waals surface area contributed by atoms with Crippen LogP contribution in [0, 0.1) is 11.3 Å². The van der Waals surface area contributed by atoms with E-state index in [1.165, 1.54) is 11.8 Å². The van der Waals surface area contributed by atoms with Crippen molar-refractivity contribution in [3.05, 3.63) is 0 Å². The Hall–Kier alpha value is -0.690. The first-order valence-electron chi connectivity index (χ1n) is 3.77. The van der Waals surface area contributed by atoms with E-state index in [1.54, 1.807) is 20.8 Å². The Balaban J connectivity index is 3.70. The van der Waals surface area contributed by atoms with Crippen molar-refractivity contribution in [2.45, 2.75) is 32.1 Å². The Kier molecular flexibility index (Phi) is 5.56. The maximum absolute atomic E-state index is 11.1. The van der Waals surface area contributed by atoms with Gasteiger partial charge in [0.25, 0.3) is 0 Å². The lowest BCUT2D eigenvalue weighted by Gasteiger charge is -2.11. The van der Waals surface area contributed by atoms with E-state index in [0.29, 0.717) is 5.75 Å². The predicted molar refractivity (Wildman–Crippen MR) is 48.8 cm³/mol. The minimum absolute atomic E-state index is 0.0809. The van der Waals surface area contributed by atoms with Crippen LogP contribution in [-0.2, 0) is 9.53 Å². The molecule has 0 aliphatic heterocycles. The molecule has 0 aliphatic carbocycles. The molecule has 0 radical (unpaired) electrons. The fourth-order valence-electron chi connectivity index (χ4n) is 0.558. The quantitative estimate of drug-likeness (QED) is 0.627. The monoisotopic (exact) mass is 187 g/mol. The van der Waals surface area contributed by atoms with E-state index in [2.05, 4.69) is 0 Å². The Morgan fingerprint density at radius 2 is 2.17 bits per heavy atom. The van der Waals surface area contributed by atoms with Gasteiger partial charge in [-0.05, 0) is 20.8 Å². The van der Waals surface area contributed by atoms with Gasteiger partial charge >= 0.3 is 5.97 Å². The summed E-state index contributed by atoms with van der Waals surface area (Å²) < 4.78 is 4.94. The largest absolute Gasteiger partial charge is 0.462 e. The van der Waals surface area contributed by atoms with Gasteiger partial charge in [0, 0.05) is 0 Å². The molecule has 3 nitrogen and oxygen atoms in total. The number of nitriles is 1. The summed E-state index contributed by atoms with van der Waals surface area (Å²) >= 11 is 1.29. The SMILES string of the molecule is CC(C)OC(=O)C(C)SCC#N. The van der Waals surface area contributed by atoms with Crippen molar-refractivity contribution < 1.29 is 9.53 Å². The van der Waals surface area contributed by atoms with E-state index in [0.717, 1.165) is 0 Å². The van der Waals surface area contributed by atoms with Crippen molar-refractivity contribution >= 4 is 17.7 Å². The van der Waals surface area contributed by atoms with Gasteiger partial charge in [0.1, 0.15) is 5.25 Å². The van der Waals surface area contributed by atoms with Crippen molar-refractivity contribution in [1.29, 1.82) is 5.26 Å². The Morgan fingerprint density at radius 3 is 2.58 bits per heavy atom. The van der Waals surface area contributed by atoms with Gasteiger partial charge in [0.2, 0.25) is 0 Å². The van der Waals surface area contributed by atoms with Gasteiger partial charge in [-0.3, -0.25) is 4.79 Å². The van der Waals surface area contributed by atoms with Gasteiger partial charge in [-0.1, -0.05) is 0 Å². The molecule has 12 heavy (non-hydrogen) atoms. The number of rotatable bonds is 4. The molecule has 0 saturated heterocycles. The Bertz CT molecular complexity index is 186. The van der Waals surface area contributed by atoms with Crippen LogP contribution in [0.4, 0.5) is 0 Å². The van der Waals surface area contributed by atoms with E-state index in [9.17, 15) is 4.79 Å². The maximum atomic E-state index is 11.1. The topological polar surface area (TPSA) is 50.1 Å². The first kappa shape index (κ1) is 11.3. The summed E-state index contributed by atoms with van der Waals surface area (Å²) in [5, 5.41) is 8.01. The average Bonchev–Trinajstić information content (AvgIpc) is 1.98. The molecule has 1 atom stereocenters. The van der Waals surface area contributed by atoms with Gasteiger partial charge in [-0.25, -0.2) is 0 Å². The van der Waals surface area contributed by atoms with Gasteiger partial charge in [0.05, 0.1) is 17.9 Å². The molecule has 0 amide bonds. The number of esters is 1. The summed E-state index contributed by atoms with van der Waals surface area (Å²) in [6.45, 7) is 5.35. The van der Waals surface area contributed by atoms with Gasteiger partial charge in [0.15, 0.2) is 0 Å². The van der Waals surface area contributed by atoms with E-state index >= 15 is 0 Å². The molecule has 1 unspecified atom stereocenters. The number of carbonyl (C=O) groups is 1.